The Morgan fingerprint density at radius 1 is 1.17 bits per heavy atom. The maximum absolute atomic E-state index is 13.1. The van der Waals surface area contributed by atoms with E-state index in [1.165, 1.54) is 12.1 Å². The van der Waals surface area contributed by atoms with Gasteiger partial charge in [0.15, 0.2) is 0 Å². The Labute approximate surface area is 142 Å². The van der Waals surface area contributed by atoms with E-state index in [9.17, 15) is 9.18 Å². The molecule has 24 heavy (non-hydrogen) atoms. The van der Waals surface area contributed by atoms with E-state index in [1.54, 1.807) is 19.2 Å². The third kappa shape index (κ3) is 3.54. The number of anilines is 1. The number of piperidine rings is 1. The molecule has 1 N–H and O–H groups in total. The number of nitrogens with one attached hydrogen (secondary N) is 1. The number of amides is 1. The highest BCUT2D eigenvalue weighted by molar-refractivity contribution is 5.83. The summed E-state index contributed by atoms with van der Waals surface area (Å²) in [4.78, 5) is 17.3. The second kappa shape index (κ2) is 7.49. The predicted molar refractivity (Wildman–Crippen MR) is 91.6 cm³/mol. The number of halogens is 1. The smallest absolute Gasteiger partial charge is 0.231 e. The van der Waals surface area contributed by atoms with Crippen molar-refractivity contribution < 1.29 is 13.9 Å². The molecule has 2 fully saturated rings. The average molecular weight is 335 g/mol. The minimum absolute atomic E-state index is 0.222. The molecule has 0 aliphatic carbocycles. The van der Waals surface area contributed by atoms with Crippen molar-refractivity contribution in [1.29, 1.82) is 0 Å². The molecule has 0 bridgehead atoms. The van der Waals surface area contributed by atoms with Crippen LogP contribution in [-0.2, 0) is 9.53 Å². The largest absolute Gasteiger partial charge is 0.384 e. The molecule has 1 aromatic rings. The Kier molecular flexibility index (Phi) is 5.36. The minimum atomic E-state index is -0.377. The van der Waals surface area contributed by atoms with Crippen LogP contribution in [0.3, 0.4) is 0 Å². The molecule has 3 rings (SSSR count). The van der Waals surface area contributed by atoms with Gasteiger partial charge in [-0.1, -0.05) is 0 Å². The van der Waals surface area contributed by atoms with Gasteiger partial charge in [0.2, 0.25) is 5.91 Å². The van der Waals surface area contributed by atoms with Crippen molar-refractivity contribution in [2.45, 2.75) is 12.8 Å². The van der Waals surface area contributed by atoms with E-state index < -0.39 is 0 Å². The number of carbonyl (C=O) groups is 1. The van der Waals surface area contributed by atoms with Gasteiger partial charge < -0.3 is 19.9 Å². The van der Waals surface area contributed by atoms with Crippen LogP contribution < -0.4 is 10.2 Å². The third-order valence-electron chi connectivity index (χ3n) is 5.19. The summed E-state index contributed by atoms with van der Waals surface area (Å²) < 4.78 is 18.4. The maximum atomic E-state index is 13.1. The Hall–Kier alpha value is -1.66. The van der Waals surface area contributed by atoms with Crippen molar-refractivity contribution in [3.05, 3.63) is 30.1 Å². The lowest BCUT2D eigenvalue weighted by atomic mass is 9.78. The van der Waals surface area contributed by atoms with Gasteiger partial charge in [-0.25, -0.2) is 4.39 Å². The number of benzene rings is 1. The molecule has 6 heteroatoms. The average Bonchev–Trinajstić information content (AvgIpc) is 2.63. The molecule has 0 aromatic heterocycles. The first kappa shape index (κ1) is 17.2. The normalized spacial score (nSPS) is 20.9. The Morgan fingerprint density at radius 3 is 2.38 bits per heavy atom. The van der Waals surface area contributed by atoms with Crippen molar-refractivity contribution in [2.75, 3.05) is 57.9 Å². The molecule has 2 saturated heterocycles. The molecule has 2 heterocycles. The summed E-state index contributed by atoms with van der Waals surface area (Å²) >= 11 is 0. The Balaban J connectivity index is 1.62. The van der Waals surface area contributed by atoms with Crippen molar-refractivity contribution in [1.82, 2.24) is 10.2 Å². The number of piperazine rings is 1. The summed E-state index contributed by atoms with van der Waals surface area (Å²) in [6.45, 7) is 5.18. The Morgan fingerprint density at radius 2 is 1.79 bits per heavy atom. The summed E-state index contributed by atoms with van der Waals surface area (Å²) in [5, 5.41) is 3.32. The first-order chi connectivity index (χ1) is 11.6. The van der Waals surface area contributed by atoms with Crippen LogP contribution >= 0.6 is 0 Å². The quantitative estimate of drug-likeness (QED) is 0.906. The second-order valence-corrected chi connectivity index (χ2v) is 6.72. The number of ether oxygens (including phenoxy) is 1. The maximum Gasteiger partial charge on any atom is 0.231 e. The number of carbonyl (C=O) groups excluding carboxylic acids is 1. The highest BCUT2D eigenvalue weighted by Crippen LogP contribution is 2.32. The molecule has 2 aliphatic heterocycles. The first-order valence-electron chi connectivity index (χ1n) is 8.64. The van der Waals surface area contributed by atoms with Gasteiger partial charge in [0.25, 0.3) is 0 Å². The van der Waals surface area contributed by atoms with E-state index in [-0.39, 0.29) is 17.1 Å². The van der Waals surface area contributed by atoms with Gasteiger partial charge in [-0.05, 0) is 50.2 Å². The summed E-state index contributed by atoms with van der Waals surface area (Å²) in [5.41, 5.74) is 0.634. The van der Waals surface area contributed by atoms with Gasteiger partial charge in [0.05, 0.1) is 12.0 Å². The lowest BCUT2D eigenvalue weighted by Gasteiger charge is -2.43. The molecular formula is C18H26FN3O2. The van der Waals surface area contributed by atoms with Gasteiger partial charge in [-0.15, -0.1) is 0 Å². The Bertz CT molecular complexity index is 544. The predicted octanol–water partition coefficient (Wildman–Crippen LogP) is 1.49. The van der Waals surface area contributed by atoms with Crippen LogP contribution in [0.15, 0.2) is 24.3 Å². The van der Waals surface area contributed by atoms with Crippen LogP contribution in [0.5, 0.6) is 0 Å². The van der Waals surface area contributed by atoms with E-state index in [0.29, 0.717) is 19.7 Å². The van der Waals surface area contributed by atoms with Gasteiger partial charge >= 0.3 is 0 Å². The zero-order valence-electron chi connectivity index (χ0n) is 14.3. The van der Waals surface area contributed by atoms with E-state index in [2.05, 4.69) is 10.2 Å². The minimum Gasteiger partial charge on any atom is -0.384 e. The molecule has 5 nitrogen and oxygen atoms in total. The number of rotatable bonds is 4. The molecule has 132 valence electrons. The summed E-state index contributed by atoms with van der Waals surface area (Å²) in [7, 11) is 1.67. The van der Waals surface area contributed by atoms with Crippen molar-refractivity contribution in [2.24, 2.45) is 5.41 Å². The third-order valence-corrected chi connectivity index (χ3v) is 5.19. The van der Waals surface area contributed by atoms with E-state index in [4.69, 9.17) is 4.74 Å². The fourth-order valence-electron chi connectivity index (χ4n) is 3.76. The summed E-state index contributed by atoms with van der Waals surface area (Å²) in [6.07, 6.45) is 1.66. The monoisotopic (exact) mass is 335 g/mol. The topological polar surface area (TPSA) is 44.8 Å². The summed E-state index contributed by atoms with van der Waals surface area (Å²) in [5.74, 6) is 0.00425. The summed E-state index contributed by atoms with van der Waals surface area (Å²) in [6, 6.07) is 6.56. The number of hydrogen-bond donors (Lipinski definition) is 1. The fraction of sp³-hybridized carbons (Fsp3) is 0.611. The van der Waals surface area contributed by atoms with Crippen LogP contribution in [0.4, 0.5) is 10.1 Å². The van der Waals surface area contributed by atoms with Gasteiger partial charge in [-0.3, -0.25) is 4.79 Å². The molecule has 0 saturated carbocycles. The van der Waals surface area contributed by atoms with E-state index in [0.717, 1.165) is 44.7 Å². The van der Waals surface area contributed by atoms with Gasteiger partial charge in [0, 0.05) is 39.0 Å². The SMILES string of the molecule is COCC1(C(=O)N2CCN(c3ccc(F)cc3)CC2)CCNCC1. The zero-order valence-corrected chi connectivity index (χ0v) is 14.3. The highest BCUT2D eigenvalue weighted by atomic mass is 19.1. The lowest BCUT2D eigenvalue weighted by Crippen LogP contribution is -2.56. The van der Waals surface area contributed by atoms with Crippen molar-refractivity contribution >= 4 is 11.6 Å². The van der Waals surface area contributed by atoms with Crippen LogP contribution in [0.25, 0.3) is 0 Å². The molecule has 1 aromatic carbocycles. The van der Waals surface area contributed by atoms with Crippen LogP contribution in [0.1, 0.15) is 12.8 Å². The standard InChI is InChI=1S/C18H26FN3O2/c1-24-14-18(6-8-20-9-7-18)17(23)22-12-10-21(11-13-22)16-4-2-15(19)3-5-16/h2-5,20H,6-14H2,1H3. The van der Waals surface area contributed by atoms with Gasteiger partial charge in [0.1, 0.15) is 5.82 Å². The molecule has 0 radical (unpaired) electrons. The zero-order chi connectivity index (χ0) is 17.0. The van der Waals surface area contributed by atoms with E-state index >= 15 is 0 Å². The molecular weight excluding hydrogens is 309 g/mol. The van der Waals surface area contributed by atoms with Crippen LogP contribution in [0, 0.1) is 11.2 Å². The lowest BCUT2D eigenvalue weighted by molar-refractivity contribution is -0.147. The number of hydrogen-bond acceptors (Lipinski definition) is 4. The fourth-order valence-corrected chi connectivity index (χ4v) is 3.76. The van der Waals surface area contributed by atoms with E-state index in [1.807, 2.05) is 4.90 Å². The van der Waals surface area contributed by atoms with Crippen LogP contribution in [-0.4, -0.2) is 63.8 Å². The molecule has 0 spiro atoms. The van der Waals surface area contributed by atoms with Crippen molar-refractivity contribution in [3.8, 4) is 0 Å². The first-order valence-corrected chi connectivity index (χ1v) is 8.64. The van der Waals surface area contributed by atoms with Crippen LogP contribution in [0.2, 0.25) is 0 Å². The molecule has 0 unspecified atom stereocenters. The number of nitrogens with zero attached hydrogens (tertiary/aromatic N) is 2. The van der Waals surface area contributed by atoms with Crippen molar-refractivity contribution in [3.63, 3.8) is 0 Å². The molecule has 2 aliphatic rings. The highest BCUT2D eigenvalue weighted by Gasteiger charge is 2.42. The molecule has 1 amide bonds. The second-order valence-electron chi connectivity index (χ2n) is 6.72. The number of methoxy groups -OCH3 is 1. The molecule has 0 atom stereocenters. The van der Waals surface area contributed by atoms with Gasteiger partial charge in [-0.2, -0.15) is 0 Å².